The van der Waals surface area contributed by atoms with Gasteiger partial charge >= 0.3 is 11.7 Å². The quantitative estimate of drug-likeness (QED) is 0.538. The Morgan fingerprint density at radius 2 is 2.13 bits per heavy atom. The van der Waals surface area contributed by atoms with Crippen molar-refractivity contribution in [1.82, 2.24) is 5.32 Å². The summed E-state index contributed by atoms with van der Waals surface area (Å²) in [5.41, 5.74) is -1.05. The number of benzene rings is 1. The van der Waals surface area contributed by atoms with Crippen LogP contribution in [0.25, 0.3) is 0 Å². The van der Waals surface area contributed by atoms with Gasteiger partial charge in [-0.3, -0.25) is 19.7 Å². The molecular weight excluding hydrogens is 308 g/mol. The summed E-state index contributed by atoms with van der Waals surface area (Å²) in [5.74, 6) is -1.12. The number of amides is 1. The van der Waals surface area contributed by atoms with E-state index in [1.807, 2.05) is 0 Å². The van der Waals surface area contributed by atoms with E-state index >= 15 is 0 Å². The van der Waals surface area contributed by atoms with Crippen molar-refractivity contribution < 1.29 is 29.1 Å². The molecule has 23 heavy (non-hydrogen) atoms. The highest BCUT2D eigenvalue weighted by molar-refractivity contribution is 5.81. The summed E-state index contributed by atoms with van der Waals surface area (Å²) in [4.78, 5) is 32.8. The second kappa shape index (κ2) is 6.51. The fraction of sp³-hybridized carbons (Fsp3) is 0.429. The Kier molecular flexibility index (Phi) is 4.68. The Balaban J connectivity index is 1.87. The van der Waals surface area contributed by atoms with Crippen LogP contribution < -0.4 is 14.8 Å². The molecule has 0 bridgehead atoms. The van der Waals surface area contributed by atoms with E-state index in [0.29, 0.717) is 12.8 Å². The first-order valence-electron chi connectivity index (χ1n) is 6.83. The summed E-state index contributed by atoms with van der Waals surface area (Å²) >= 11 is 0. The number of carboxylic acid groups (broad SMARTS) is 1. The minimum absolute atomic E-state index is 0.0238. The number of hydrogen-bond acceptors (Lipinski definition) is 6. The van der Waals surface area contributed by atoms with E-state index in [1.54, 1.807) is 0 Å². The van der Waals surface area contributed by atoms with Gasteiger partial charge in [-0.2, -0.15) is 0 Å². The number of nitrogens with one attached hydrogen (secondary N) is 1. The molecule has 0 spiro atoms. The van der Waals surface area contributed by atoms with Crippen molar-refractivity contribution in [1.29, 1.82) is 0 Å². The third-order valence-electron chi connectivity index (χ3n) is 3.65. The van der Waals surface area contributed by atoms with Crippen molar-refractivity contribution in [3.05, 3.63) is 28.3 Å². The monoisotopic (exact) mass is 324 g/mol. The molecule has 0 radical (unpaired) electrons. The Morgan fingerprint density at radius 1 is 1.43 bits per heavy atom. The maximum absolute atomic E-state index is 11.7. The molecule has 9 nitrogen and oxygen atoms in total. The Labute approximate surface area is 131 Å². The minimum atomic E-state index is -0.918. The summed E-state index contributed by atoms with van der Waals surface area (Å²) in [7, 11) is 1.29. The van der Waals surface area contributed by atoms with E-state index in [1.165, 1.54) is 25.3 Å². The number of nitro benzene ring substituents is 1. The molecule has 1 aliphatic carbocycles. The van der Waals surface area contributed by atoms with Gasteiger partial charge in [-0.1, -0.05) is 0 Å². The lowest BCUT2D eigenvalue weighted by Gasteiger charge is -2.12. The van der Waals surface area contributed by atoms with Crippen molar-refractivity contribution >= 4 is 17.6 Å². The number of carbonyl (C=O) groups excluding carboxylic acids is 1. The molecular formula is C14H16N2O7. The molecule has 1 aliphatic rings. The number of nitro groups is 1. The van der Waals surface area contributed by atoms with Crippen LogP contribution in [0.5, 0.6) is 11.5 Å². The van der Waals surface area contributed by atoms with Crippen molar-refractivity contribution in [2.24, 2.45) is 5.41 Å². The Morgan fingerprint density at radius 3 is 2.65 bits per heavy atom. The highest BCUT2D eigenvalue weighted by atomic mass is 16.6. The highest BCUT2D eigenvalue weighted by Crippen LogP contribution is 2.45. The fourth-order valence-electron chi connectivity index (χ4n) is 1.98. The maximum atomic E-state index is 11.7. The zero-order valence-corrected chi connectivity index (χ0v) is 12.4. The number of carbonyl (C=O) groups is 2. The van der Waals surface area contributed by atoms with Crippen LogP contribution in [0.4, 0.5) is 5.69 Å². The third kappa shape index (κ3) is 3.87. The molecule has 0 unspecified atom stereocenters. The molecule has 0 aromatic heterocycles. The standard InChI is InChI=1S/C14H16N2O7/c1-22-11-6-9(2-3-10(11)16(20)21)23-7-12(17)15-8-14(4-5-14)13(18)19/h2-3,6H,4-5,7-8H2,1H3,(H,15,17)(H,18,19). The van der Waals surface area contributed by atoms with Gasteiger partial charge in [0, 0.05) is 18.7 Å². The molecule has 1 amide bonds. The van der Waals surface area contributed by atoms with Crippen LogP contribution in [-0.4, -0.2) is 42.2 Å². The summed E-state index contributed by atoms with van der Waals surface area (Å²) < 4.78 is 10.1. The van der Waals surface area contributed by atoms with E-state index in [4.69, 9.17) is 14.6 Å². The smallest absolute Gasteiger partial charge is 0.311 e. The topological polar surface area (TPSA) is 128 Å². The molecule has 0 saturated heterocycles. The second-order valence-corrected chi connectivity index (χ2v) is 5.24. The van der Waals surface area contributed by atoms with Crippen LogP contribution in [0.3, 0.4) is 0 Å². The van der Waals surface area contributed by atoms with Crippen molar-refractivity contribution in [2.45, 2.75) is 12.8 Å². The molecule has 1 fully saturated rings. The molecule has 0 aliphatic heterocycles. The SMILES string of the molecule is COc1cc(OCC(=O)NCC2(C(=O)O)CC2)ccc1[N+](=O)[O-]. The molecule has 2 N–H and O–H groups in total. The van der Waals surface area contributed by atoms with Crippen LogP contribution >= 0.6 is 0 Å². The van der Waals surface area contributed by atoms with Gasteiger partial charge in [0.05, 0.1) is 17.4 Å². The van der Waals surface area contributed by atoms with Crippen LogP contribution in [-0.2, 0) is 9.59 Å². The molecule has 124 valence electrons. The summed E-state index contributed by atoms with van der Waals surface area (Å²) in [6.45, 7) is -0.259. The normalized spacial score (nSPS) is 14.7. The summed E-state index contributed by atoms with van der Waals surface area (Å²) in [5, 5.41) is 22.3. The number of ether oxygens (including phenoxy) is 2. The van der Waals surface area contributed by atoms with E-state index in [9.17, 15) is 19.7 Å². The second-order valence-electron chi connectivity index (χ2n) is 5.24. The van der Waals surface area contributed by atoms with Crippen molar-refractivity contribution in [2.75, 3.05) is 20.3 Å². The van der Waals surface area contributed by atoms with Crippen LogP contribution in [0.1, 0.15) is 12.8 Å². The first-order chi connectivity index (χ1) is 10.9. The zero-order chi connectivity index (χ0) is 17.0. The molecule has 1 saturated carbocycles. The summed E-state index contributed by atoms with van der Waals surface area (Å²) in [6, 6.07) is 3.88. The Hall–Kier alpha value is -2.84. The fourth-order valence-corrected chi connectivity index (χ4v) is 1.98. The molecule has 1 aromatic carbocycles. The first-order valence-corrected chi connectivity index (χ1v) is 6.83. The molecule has 0 heterocycles. The molecule has 2 rings (SSSR count). The van der Waals surface area contributed by atoms with E-state index < -0.39 is 22.2 Å². The predicted molar refractivity (Wildman–Crippen MR) is 77.5 cm³/mol. The number of hydrogen-bond donors (Lipinski definition) is 2. The van der Waals surface area contributed by atoms with Gasteiger partial charge in [0.15, 0.2) is 6.61 Å². The van der Waals surface area contributed by atoms with Crippen molar-refractivity contribution in [3.63, 3.8) is 0 Å². The average Bonchev–Trinajstić information content (AvgIpc) is 3.31. The van der Waals surface area contributed by atoms with Gasteiger partial charge in [-0.05, 0) is 18.9 Å². The number of rotatable bonds is 8. The highest BCUT2D eigenvalue weighted by Gasteiger charge is 2.50. The maximum Gasteiger partial charge on any atom is 0.311 e. The van der Waals surface area contributed by atoms with Gasteiger partial charge in [0.2, 0.25) is 5.75 Å². The third-order valence-corrected chi connectivity index (χ3v) is 3.65. The lowest BCUT2D eigenvalue weighted by Crippen LogP contribution is -2.36. The van der Waals surface area contributed by atoms with Gasteiger partial charge in [0.25, 0.3) is 5.91 Å². The molecule has 9 heteroatoms. The molecule has 1 aromatic rings. The lowest BCUT2D eigenvalue weighted by molar-refractivity contribution is -0.385. The van der Waals surface area contributed by atoms with E-state index in [-0.39, 0.29) is 30.3 Å². The van der Waals surface area contributed by atoms with E-state index in [2.05, 4.69) is 5.32 Å². The van der Waals surface area contributed by atoms with Crippen LogP contribution in [0.2, 0.25) is 0 Å². The van der Waals surface area contributed by atoms with E-state index in [0.717, 1.165) is 0 Å². The van der Waals surface area contributed by atoms with Gasteiger partial charge in [-0.15, -0.1) is 0 Å². The lowest BCUT2D eigenvalue weighted by atomic mass is 10.1. The average molecular weight is 324 g/mol. The number of methoxy groups -OCH3 is 1. The van der Waals surface area contributed by atoms with Crippen molar-refractivity contribution in [3.8, 4) is 11.5 Å². The Bertz CT molecular complexity index is 640. The largest absolute Gasteiger partial charge is 0.490 e. The van der Waals surface area contributed by atoms with Gasteiger partial charge in [-0.25, -0.2) is 0 Å². The molecule has 0 atom stereocenters. The number of aliphatic carboxylic acids is 1. The zero-order valence-electron chi connectivity index (χ0n) is 12.4. The first kappa shape index (κ1) is 16.5. The van der Waals surface area contributed by atoms with Gasteiger partial charge < -0.3 is 19.9 Å². The number of nitrogens with zero attached hydrogens (tertiary/aromatic N) is 1. The van der Waals surface area contributed by atoms with Crippen LogP contribution in [0.15, 0.2) is 18.2 Å². The summed E-state index contributed by atoms with van der Waals surface area (Å²) in [6.07, 6.45) is 1.09. The minimum Gasteiger partial charge on any atom is -0.490 e. The predicted octanol–water partition coefficient (Wildman–Crippen LogP) is 0.963. The van der Waals surface area contributed by atoms with Crippen LogP contribution in [0, 0.1) is 15.5 Å². The van der Waals surface area contributed by atoms with Gasteiger partial charge in [0.1, 0.15) is 5.75 Å². The number of carboxylic acids is 1.